The minimum Gasteiger partial charge on any atom is -0.503 e. The van der Waals surface area contributed by atoms with Crippen molar-refractivity contribution in [3.05, 3.63) is 28.2 Å². The van der Waals surface area contributed by atoms with Crippen LogP contribution in [0.2, 0.25) is 0 Å². The predicted molar refractivity (Wildman–Crippen MR) is 48.7 cm³/mol. The average Bonchev–Trinajstić information content (AvgIpc) is 2.08. The van der Waals surface area contributed by atoms with Crippen LogP contribution in [0, 0.1) is 0 Å². The van der Waals surface area contributed by atoms with Crippen molar-refractivity contribution in [2.75, 3.05) is 0 Å². The van der Waals surface area contributed by atoms with Gasteiger partial charge in [-0.05, 0) is 13.8 Å². The fourth-order valence-corrected chi connectivity index (χ4v) is 1.29. The fourth-order valence-electron chi connectivity index (χ4n) is 1.29. The van der Waals surface area contributed by atoms with Crippen molar-refractivity contribution in [1.29, 1.82) is 0 Å². The second-order valence-electron chi connectivity index (χ2n) is 2.88. The third-order valence-corrected chi connectivity index (χ3v) is 1.93. The third kappa shape index (κ3) is 1.72. The van der Waals surface area contributed by atoms with Crippen molar-refractivity contribution in [1.82, 2.24) is 4.57 Å². The van der Waals surface area contributed by atoms with E-state index in [1.54, 1.807) is 10.8 Å². The van der Waals surface area contributed by atoms with Crippen molar-refractivity contribution in [3.63, 3.8) is 0 Å². The number of nitrogens with zero attached hydrogens (tertiary/aromatic N) is 1. The number of aliphatic hydroxyl groups excluding tert-OH is 1. The predicted octanol–water partition coefficient (Wildman–Crippen LogP) is 0.627. The molecule has 0 radical (unpaired) electrons. The molecule has 0 amide bonds. The Morgan fingerprint density at radius 3 is 2.69 bits per heavy atom. The van der Waals surface area contributed by atoms with E-state index in [4.69, 9.17) is 0 Å². The first-order valence-corrected chi connectivity index (χ1v) is 4.18. The Morgan fingerprint density at radius 2 is 2.23 bits per heavy atom. The van der Waals surface area contributed by atoms with Crippen LogP contribution in [0.25, 0.3) is 0 Å². The van der Waals surface area contributed by atoms with Crippen LogP contribution in [0.3, 0.4) is 0 Å². The zero-order chi connectivity index (χ0) is 10.0. The molecule has 0 aromatic carbocycles. The SMILES string of the molecule is CCn1ccc(=O)c(O)c1[C@@H](C)O. The Kier molecular flexibility index (Phi) is 2.72. The van der Waals surface area contributed by atoms with Crippen LogP contribution in [0.1, 0.15) is 25.6 Å². The summed E-state index contributed by atoms with van der Waals surface area (Å²) in [4.78, 5) is 11.0. The van der Waals surface area contributed by atoms with Crippen LogP contribution >= 0.6 is 0 Å². The number of aryl methyl sites for hydroxylation is 1. The van der Waals surface area contributed by atoms with E-state index in [1.165, 1.54) is 13.0 Å². The molecule has 0 fully saturated rings. The van der Waals surface area contributed by atoms with E-state index in [0.29, 0.717) is 6.54 Å². The molecule has 72 valence electrons. The van der Waals surface area contributed by atoms with Crippen LogP contribution < -0.4 is 5.43 Å². The lowest BCUT2D eigenvalue weighted by Gasteiger charge is -2.14. The standard InChI is InChI=1S/C9H13NO3/c1-3-10-5-4-7(12)9(13)8(10)6(2)11/h4-6,11,13H,3H2,1-2H3/t6-/m1/s1. The number of hydrogen-bond acceptors (Lipinski definition) is 3. The molecule has 0 spiro atoms. The summed E-state index contributed by atoms with van der Waals surface area (Å²) in [6.45, 7) is 3.99. The molecule has 0 saturated carbocycles. The number of aliphatic hydroxyl groups is 1. The van der Waals surface area contributed by atoms with Crippen LogP contribution in [0.4, 0.5) is 0 Å². The molecule has 0 saturated heterocycles. The van der Waals surface area contributed by atoms with Gasteiger partial charge in [-0.15, -0.1) is 0 Å². The van der Waals surface area contributed by atoms with E-state index in [0.717, 1.165) is 0 Å². The van der Waals surface area contributed by atoms with E-state index in [1.807, 2.05) is 6.92 Å². The number of pyridine rings is 1. The summed E-state index contributed by atoms with van der Waals surface area (Å²) in [7, 11) is 0. The van der Waals surface area contributed by atoms with Crippen LogP contribution in [0.5, 0.6) is 5.75 Å². The lowest BCUT2D eigenvalue weighted by atomic mass is 10.2. The minimum atomic E-state index is -0.839. The molecule has 1 atom stereocenters. The maximum atomic E-state index is 11.0. The molecule has 0 aliphatic heterocycles. The van der Waals surface area contributed by atoms with Crippen molar-refractivity contribution in [2.24, 2.45) is 0 Å². The Labute approximate surface area is 76.1 Å². The van der Waals surface area contributed by atoms with Crippen molar-refractivity contribution in [2.45, 2.75) is 26.5 Å². The van der Waals surface area contributed by atoms with Gasteiger partial charge >= 0.3 is 0 Å². The van der Waals surface area contributed by atoms with Gasteiger partial charge < -0.3 is 14.8 Å². The summed E-state index contributed by atoms with van der Waals surface area (Å²) in [6, 6.07) is 1.28. The van der Waals surface area contributed by atoms with Gasteiger partial charge in [-0.3, -0.25) is 4.79 Å². The molecule has 1 aromatic rings. The molecule has 2 N–H and O–H groups in total. The number of hydrogen-bond donors (Lipinski definition) is 2. The maximum Gasteiger partial charge on any atom is 0.223 e. The molecule has 1 rings (SSSR count). The first-order chi connectivity index (χ1) is 6.07. The third-order valence-electron chi connectivity index (χ3n) is 1.93. The zero-order valence-electron chi connectivity index (χ0n) is 7.69. The van der Waals surface area contributed by atoms with Gasteiger partial charge in [0.15, 0.2) is 5.75 Å². The molecule has 1 heterocycles. The molecule has 13 heavy (non-hydrogen) atoms. The summed E-state index contributed by atoms with van der Waals surface area (Å²) < 4.78 is 1.64. The van der Waals surface area contributed by atoms with Gasteiger partial charge in [0.2, 0.25) is 5.43 Å². The summed E-state index contributed by atoms with van der Waals surface area (Å²) in [5.41, 5.74) is -0.185. The number of aromatic hydroxyl groups is 1. The maximum absolute atomic E-state index is 11.0. The van der Waals surface area contributed by atoms with Gasteiger partial charge in [0.05, 0.1) is 11.8 Å². The quantitative estimate of drug-likeness (QED) is 0.706. The second kappa shape index (κ2) is 3.62. The normalized spacial score (nSPS) is 12.8. The summed E-state index contributed by atoms with van der Waals surface area (Å²) in [6.07, 6.45) is 0.721. The monoisotopic (exact) mass is 183 g/mol. The Balaban J connectivity index is 3.41. The van der Waals surface area contributed by atoms with E-state index in [-0.39, 0.29) is 11.4 Å². The van der Waals surface area contributed by atoms with Crippen molar-refractivity contribution in [3.8, 4) is 5.75 Å². The summed E-state index contributed by atoms with van der Waals surface area (Å²) >= 11 is 0. The first kappa shape index (κ1) is 9.80. The highest BCUT2D eigenvalue weighted by molar-refractivity contribution is 5.28. The highest BCUT2D eigenvalue weighted by Gasteiger charge is 2.13. The van der Waals surface area contributed by atoms with Crippen molar-refractivity contribution < 1.29 is 10.2 Å². The Morgan fingerprint density at radius 1 is 1.62 bits per heavy atom. The smallest absolute Gasteiger partial charge is 0.223 e. The minimum absolute atomic E-state index is 0.273. The first-order valence-electron chi connectivity index (χ1n) is 4.18. The van der Waals surface area contributed by atoms with Crippen molar-refractivity contribution >= 4 is 0 Å². The van der Waals surface area contributed by atoms with Crippen LogP contribution in [-0.4, -0.2) is 14.8 Å². The van der Waals surface area contributed by atoms with Crippen LogP contribution in [0.15, 0.2) is 17.1 Å². The van der Waals surface area contributed by atoms with E-state index in [9.17, 15) is 15.0 Å². The zero-order valence-corrected chi connectivity index (χ0v) is 7.69. The second-order valence-corrected chi connectivity index (χ2v) is 2.88. The van der Waals surface area contributed by atoms with Gasteiger partial charge in [0, 0.05) is 18.8 Å². The van der Waals surface area contributed by atoms with Gasteiger partial charge in [0.25, 0.3) is 0 Å². The Hall–Kier alpha value is -1.29. The van der Waals surface area contributed by atoms with E-state index < -0.39 is 11.5 Å². The Bertz CT molecular complexity index is 354. The molecule has 0 bridgehead atoms. The molecule has 0 aliphatic rings. The largest absolute Gasteiger partial charge is 0.503 e. The van der Waals surface area contributed by atoms with Gasteiger partial charge in [-0.25, -0.2) is 0 Å². The van der Waals surface area contributed by atoms with E-state index in [2.05, 4.69) is 0 Å². The number of aromatic nitrogens is 1. The summed E-state index contributed by atoms with van der Waals surface area (Å²) in [5.74, 6) is -0.362. The highest BCUT2D eigenvalue weighted by atomic mass is 16.3. The summed E-state index contributed by atoms with van der Waals surface area (Å²) in [5, 5.41) is 18.7. The molecule has 4 nitrogen and oxygen atoms in total. The molecule has 0 unspecified atom stereocenters. The van der Waals surface area contributed by atoms with Gasteiger partial charge in [-0.2, -0.15) is 0 Å². The molecule has 0 aliphatic carbocycles. The molecular formula is C9H13NO3. The lowest BCUT2D eigenvalue weighted by molar-refractivity contribution is 0.183. The number of rotatable bonds is 2. The molecular weight excluding hydrogens is 170 g/mol. The van der Waals surface area contributed by atoms with Gasteiger partial charge in [-0.1, -0.05) is 0 Å². The lowest BCUT2D eigenvalue weighted by Crippen LogP contribution is -2.13. The highest BCUT2D eigenvalue weighted by Crippen LogP contribution is 2.19. The van der Waals surface area contributed by atoms with Crippen LogP contribution in [-0.2, 0) is 6.54 Å². The molecule has 4 heteroatoms. The molecule has 1 aromatic heterocycles. The fraction of sp³-hybridized carbons (Fsp3) is 0.444. The average molecular weight is 183 g/mol. The van der Waals surface area contributed by atoms with Gasteiger partial charge in [0.1, 0.15) is 0 Å². The van der Waals surface area contributed by atoms with E-state index >= 15 is 0 Å². The topological polar surface area (TPSA) is 62.5 Å².